The van der Waals surface area contributed by atoms with E-state index < -0.39 is 0 Å². The first-order chi connectivity index (χ1) is 8.55. The van der Waals surface area contributed by atoms with Gasteiger partial charge in [0, 0.05) is 12.0 Å². The molecule has 4 heteroatoms. The molecule has 0 amide bonds. The van der Waals surface area contributed by atoms with Crippen LogP contribution in [-0.4, -0.2) is 29.8 Å². The molecule has 1 atom stereocenters. The zero-order valence-corrected chi connectivity index (χ0v) is 11.7. The second kappa shape index (κ2) is 5.65. The molecule has 2 N–H and O–H groups in total. The molecule has 1 aliphatic rings. The summed E-state index contributed by atoms with van der Waals surface area (Å²) in [4.78, 5) is 0. The fourth-order valence-electron chi connectivity index (χ4n) is 2.17. The van der Waals surface area contributed by atoms with Crippen molar-refractivity contribution in [3.05, 3.63) is 17.8 Å². The van der Waals surface area contributed by atoms with E-state index >= 15 is 0 Å². The second-order valence-electron chi connectivity index (χ2n) is 6.15. The van der Waals surface area contributed by atoms with Gasteiger partial charge in [0.2, 0.25) is 0 Å². The molecule has 1 aromatic heterocycles. The third kappa shape index (κ3) is 3.67. The number of rotatable bonds is 3. The van der Waals surface area contributed by atoms with Gasteiger partial charge in [0.25, 0.3) is 0 Å². The Morgan fingerprint density at radius 2 is 2.17 bits per heavy atom. The van der Waals surface area contributed by atoms with E-state index in [2.05, 4.69) is 47.7 Å². The quantitative estimate of drug-likeness (QED) is 0.861. The predicted molar refractivity (Wildman–Crippen MR) is 74.8 cm³/mol. The average Bonchev–Trinajstić information content (AvgIpc) is 2.37. The van der Waals surface area contributed by atoms with Gasteiger partial charge in [-0.15, -0.1) is 5.10 Å². The first kappa shape index (κ1) is 13.3. The minimum Gasteiger partial charge on any atom is -0.368 e. The average molecular weight is 248 g/mol. The Kier molecular flexibility index (Phi) is 4.17. The number of aromatic nitrogens is 2. The van der Waals surface area contributed by atoms with Crippen LogP contribution in [0, 0.1) is 5.92 Å². The highest BCUT2D eigenvalue weighted by Gasteiger charge is 2.16. The molecule has 0 aromatic carbocycles. The van der Waals surface area contributed by atoms with Gasteiger partial charge >= 0.3 is 0 Å². The Balaban J connectivity index is 1.86. The molecule has 1 unspecified atom stereocenters. The van der Waals surface area contributed by atoms with Crippen LogP contribution in [0.25, 0.3) is 0 Å². The van der Waals surface area contributed by atoms with Gasteiger partial charge in [-0.3, -0.25) is 0 Å². The summed E-state index contributed by atoms with van der Waals surface area (Å²) in [6.07, 6.45) is 2.58. The lowest BCUT2D eigenvalue weighted by atomic mass is 9.92. The smallest absolute Gasteiger partial charge is 0.148 e. The van der Waals surface area contributed by atoms with E-state index in [0.717, 1.165) is 31.1 Å². The Hall–Kier alpha value is -1.16. The van der Waals surface area contributed by atoms with Gasteiger partial charge in [0.15, 0.2) is 0 Å². The molecule has 1 saturated heterocycles. The maximum atomic E-state index is 4.29. The first-order valence-electron chi connectivity index (χ1n) is 6.84. The molecule has 1 aliphatic heterocycles. The highest BCUT2D eigenvalue weighted by atomic mass is 15.2. The van der Waals surface area contributed by atoms with Crippen molar-refractivity contribution in [1.82, 2.24) is 15.5 Å². The molecule has 1 fully saturated rings. The monoisotopic (exact) mass is 248 g/mol. The third-order valence-electron chi connectivity index (χ3n) is 3.40. The SMILES string of the molecule is CC(C)(C)c1ccc(NCC2CCCNC2)nn1. The van der Waals surface area contributed by atoms with Crippen molar-refractivity contribution in [2.24, 2.45) is 5.92 Å². The van der Waals surface area contributed by atoms with E-state index in [1.165, 1.54) is 12.8 Å². The zero-order valence-electron chi connectivity index (χ0n) is 11.7. The second-order valence-corrected chi connectivity index (χ2v) is 6.15. The number of piperidine rings is 1. The minimum atomic E-state index is 0.0683. The molecule has 18 heavy (non-hydrogen) atoms. The van der Waals surface area contributed by atoms with Gasteiger partial charge in [0.05, 0.1) is 5.69 Å². The molecule has 0 aliphatic carbocycles. The normalized spacial score (nSPS) is 20.7. The van der Waals surface area contributed by atoms with Crippen molar-refractivity contribution < 1.29 is 0 Å². The molecule has 4 nitrogen and oxygen atoms in total. The Morgan fingerprint density at radius 3 is 2.72 bits per heavy atom. The molecule has 0 radical (unpaired) electrons. The Morgan fingerprint density at radius 1 is 1.33 bits per heavy atom. The molecular formula is C14H24N4. The summed E-state index contributed by atoms with van der Waals surface area (Å²) < 4.78 is 0. The highest BCUT2D eigenvalue weighted by molar-refractivity contribution is 5.34. The number of nitrogens with one attached hydrogen (secondary N) is 2. The fraction of sp³-hybridized carbons (Fsp3) is 0.714. The van der Waals surface area contributed by atoms with Gasteiger partial charge in [-0.1, -0.05) is 20.8 Å². The van der Waals surface area contributed by atoms with Crippen molar-refractivity contribution >= 4 is 5.82 Å². The van der Waals surface area contributed by atoms with Crippen LogP contribution >= 0.6 is 0 Å². The first-order valence-corrected chi connectivity index (χ1v) is 6.84. The van der Waals surface area contributed by atoms with Crippen molar-refractivity contribution in [3.8, 4) is 0 Å². The standard InChI is InChI=1S/C14H24N4/c1-14(2,3)12-6-7-13(18-17-12)16-10-11-5-4-8-15-9-11/h6-7,11,15H,4-5,8-10H2,1-3H3,(H,16,18). The Labute approximate surface area is 110 Å². The van der Waals surface area contributed by atoms with Crippen molar-refractivity contribution in [3.63, 3.8) is 0 Å². The molecule has 0 bridgehead atoms. The molecule has 1 aromatic rings. The zero-order chi connectivity index (χ0) is 13.0. The lowest BCUT2D eigenvalue weighted by Gasteiger charge is -2.23. The number of hydrogen-bond donors (Lipinski definition) is 2. The summed E-state index contributed by atoms with van der Waals surface area (Å²) in [5.41, 5.74) is 1.10. The van der Waals surface area contributed by atoms with E-state index in [9.17, 15) is 0 Å². The van der Waals surface area contributed by atoms with E-state index in [0.29, 0.717) is 5.92 Å². The van der Waals surface area contributed by atoms with E-state index in [4.69, 9.17) is 0 Å². The van der Waals surface area contributed by atoms with Crippen LogP contribution in [0.5, 0.6) is 0 Å². The Bertz CT molecular complexity index is 360. The lowest BCUT2D eigenvalue weighted by Crippen LogP contribution is -2.33. The number of hydrogen-bond acceptors (Lipinski definition) is 4. The predicted octanol–water partition coefficient (Wildman–Crippen LogP) is 2.19. The highest BCUT2D eigenvalue weighted by Crippen LogP contribution is 2.19. The van der Waals surface area contributed by atoms with Crippen LogP contribution in [0.3, 0.4) is 0 Å². The van der Waals surface area contributed by atoms with Gasteiger partial charge < -0.3 is 10.6 Å². The summed E-state index contributed by atoms with van der Waals surface area (Å²) in [5.74, 6) is 1.59. The summed E-state index contributed by atoms with van der Waals surface area (Å²) >= 11 is 0. The summed E-state index contributed by atoms with van der Waals surface area (Å²) in [5, 5.41) is 15.3. The van der Waals surface area contributed by atoms with Crippen LogP contribution in [0.1, 0.15) is 39.3 Å². The van der Waals surface area contributed by atoms with E-state index in [1.54, 1.807) is 0 Å². The number of nitrogens with zero attached hydrogens (tertiary/aromatic N) is 2. The summed E-state index contributed by atoms with van der Waals surface area (Å²) in [7, 11) is 0. The molecule has 2 heterocycles. The summed E-state index contributed by atoms with van der Waals surface area (Å²) in [6.45, 7) is 9.71. The van der Waals surface area contributed by atoms with Crippen LogP contribution in [0.2, 0.25) is 0 Å². The maximum Gasteiger partial charge on any atom is 0.148 e. The van der Waals surface area contributed by atoms with E-state index in [-0.39, 0.29) is 5.41 Å². The van der Waals surface area contributed by atoms with Crippen LogP contribution in [-0.2, 0) is 5.41 Å². The van der Waals surface area contributed by atoms with Crippen molar-refractivity contribution in [1.29, 1.82) is 0 Å². The third-order valence-corrected chi connectivity index (χ3v) is 3.40. The van der Waals surface area contributed by atoms with Crippen LogP contribution < -0.4 is 10.6 Å². The largest absolute Gasteiger partial charge is 0.368 e. The van der Waals surface area contributed by atoms with Crippen LogP contribution in [0.4, 0.5) is 5.82 Å². The van der Waals surface area contributed by atoms with Gasteiger partial charge in [-0.2, -0.15) is 5.10 Å². The maximum absolute atomic E-state index is 4.29. The topological polar surface area (TPSA) is 49.8 Å². The molecule has 2 rings (SSSR count). The van der Waals surface area contributed by atoms with Gasteiger partial charge in [0.1, 0.15) is 5.82 Å². The summed E-state index contributed by atoms with van der Waals surface area (Å²) in [6, 6.07) is 4.10. The van der Waals surface area contributed by atoms with Crippen LogP contribution in [0.15, 0.2) is 12.1 Å². The minimum absolute atomic E-state index is 0.0683. The van der Waals surface area contributed by atoms with Gasteiger partial charge in [-0.05, 0) is 44.0 Å². The number of anilines is 1. The van der Waals surface area contributed by atoms with Crippen molar-refractivity contribution in [2.45, 2.75) is 39.0 Å². The fourth-order valence-corrected chi connectivity index (χ4v) is 2.17. The lowest BCUT2D eigenvalue weighted by molar-refractivity contribution is 0.392. The van der Waals surface area contributed by atoms with E-state index in [1.807, 2.05) is 6.07 Å². The molecule has 100 valence electrons. The van der Waals surface area contributed by atoms with Crippen molar-refractivity contribution in [2.75, 3.05) is 25.0 Å². The molecular weight excluding hydrogens is 224 g/mol. The molecule has 0 spiro atoms. The molecule has 0 saturated carbocycles. The van der Waals surface area contributed by atoms with Gasteiger partial charge in [-0.25, -0.2) is 0 Å².